The number of anilines is 1. The van der Waals surface area contributed by atoms with Crippen LogP contribution in [0.4, 0.5) is 18.9 Å². The fourth-order valence-electron chi connectivity index (χ4n) is 4.21. The number of benzene rings is 2. The molecule has 1 fully saturated rings. The molecular formula is C24H23F3N2O3. The minimum Gasteiger partial charge on any atom is -0.372 e. The van der Waals surface area contributed by atoms with Gasteiger partial charge in [0.1, 0.15) is 5.70 Å². The summed E-state index contributed by atoms with van der Waals surface area (Å²) < 4.78 is 45.5. The van der Waals surface area contributed by atoms with Gasteiger partial charge in [0.25, 0.3) is 11.8 Å². The topological polar surface area (TPSA) is 49.9 Å². The molecule has 2 amide bonds. The van der Waals surface area contributed by atoms with Crippen LogP contribution < -0.4 is 4.90 Å². The lowest BCUT2D eigenvalue weighted by molar-refractivity contribution is -0.137. The number of morpholine rings is 1. The molecule has 2 aliphatic heterocycles. The molecule has 2 aromatic rings. The maximum Gasteiger partial charge on any atom is 0.416 e. The van der Waals surface area contributed by atoms with E-state index in [0.29, 0.717) is 18.7 Å². The molecule has 2 heterocycles. The number of aryl methyl sites for hydroxylation is 1. The van der Waals surface area contributed by atoms with Crippen LogP contribution in [0.25, 0.3) is 5.57 Å². The minimum atomic E-state index is -4.59. The van der Waals surface area contributed by atoms with E-state index in [1.807, 2.05) is 37.8 Å². The van der Waals surface area contributed by atoms with E-state index in [4.69, 9.17) is 4.74 Å². The largest absolute Gasteiger partial charge is 0.416 e. The van der Waals surface area contributed by atoms with Crippen LogP contribution in [0.2, 0.25) is 0 Å². The van der Waals surface area contributed by atoms with Gasteiger partial charge in [-0.1, -0.05) is 35.9 Å². The Morgan fingerprint density at radius 1 is 0.938 bits per heavy atom. The van der Waals surface area contributed by atoms with Crippen LogP contribution in [0, 0.1) is 6.92 Å². The molecule has 0 aliphatic carbocycles. The first kappa shape index (κ1) is 22.1. The number of hydrogen-bond acceptors (Lipinski definition) is 4. The second-order valence-electron chi connectivity index (χ2n) is 8.25. The SMILES string of the molecule is Cc1ccc(C2=C(N3CC(C)OC(C)C3)C(=O)N(c3cccc(C(F)(F)F)c3)C2=O)cc1. The van der Waals surface area contributed by atoms with Crippen molar-refractivity contribution in [2.75, 3.05) is 18.0 Å². The molecule has 1 saturated heterocycles. The van der Waals surface area contributed by atoms with Gasteiger partial charge < -0.3 is 9.64 Å². The molecule has 0 spiro atoms. The highest BCUT2D eigenvalue weighted by atomic mass is 19.4. The molecule has 0 bridgehead atoms. The number of nitrogens with zero attached hydrogens (tertiary/aromatic N) is 2. The number of halogens is 3. The molecular weight excluding hydrogens is 421 g/mol. The molecule has 2 atom stereocenters. The number of carbonyl (C=O) groups excluding carboxylic acids is 2. The smallest absolute Gasteiger partial charge is 0.372 e. The highest BCUT2D eigenvalue weighted by Gasteiger charge is 2.44. The Bertz CT molecular complexity index is 1080. The van der Waals surface area contributed by atoms with Crippen molar-refractivity contribution < 1.29 is 27.5 Å². The standard InChI is InChI=1S/C24H23F3N2O3/c1-14-7-9-17(10-8-14)20-21(28-12-15(2)32-16(3)13-28)23(31)29(22(20)30)19-6-4-5-18(11-19)24(25,26)27/h4-11,15-16H,12-13H2,1-3H3. The van der Waals surface area contributed by atoms with Gasteiger partial charge in [0.15, 0.2) is 0 Å². The first-order valence-electron chi connectivity index (χ1n) is 10.3. The van der Waals surface area contributed by atoms with Crippen LogP contribution in [0.3, 0.4) is 0 Å². The molecule has 168 valence electrons. The van der Waals surface area contributed by atoms with Gasteiger partial charge in [0.2, 0.25) is 0 Å². The third-order valence-corrected chi connectivity index (χ3v) is 5.57. The van der Waals surface area contributed by atoms with Crippen molar-refractivity contribution in [3.05, 3.63) is 70.9 Å². The van der Waals surface area contributed by atoms with Crippen molar-refractivity contribution in [1.82, 2.24) is 4.90 Å². The van der Waals surface area contributed by atoms with Crippen LogP contribution in [0.1, 0.15) is 30.5 Å². The molecule has 2 aliphatic rings. The number of rotatable bonds is 3. The summed E-state index contributed by atoms with van der Waals surface area (Å²) in [6.07, 6.45) is -4.93. The van der Waals surface area contributed by atoms with E-state index in [0.717, 1.165) is 22.6 Å². The Morgan fingerprint density at radius 3 is 2.16 bits per heavy atom. The summed E-state index contributed by atoms with van der Waals surface area (Å²) in [6.45, 7) is 6.44. The molecule has 5 nitrogen and oxygen atoms in total. The van der Waals surface area contributed by atoms with E-state index in [1.54, 1.807) is 12.1 Å². The summed E-state index contributed by atoms with van der Waals surface area (Å²) >= 11 is 0. The minimum absolute atomic E-state index is 0.108. The van der Waals surface area contributed by atoms with Gasteiger partial charge in [-0.05, 0) is 44.5 Å². The van der Waals surface area contributed by atoms with Crippen LogP contribution >= 0.6 is 0 Å². The molecule has 0 radical (unpaired) electrons. The lowest BCUT2D eigenvalue weighted by Gasteiger charge is -2.37. The first-order chi connectivity index (χ1) is 15.1. The number of carbonyl (C=O) groups is 2. The zero-order chi connectivity index (χ0) is 23.2. The summed E-state index contributed by atoms with van der Waals surface area (Å²) in [6, 6.07) is 11.4. The van der Waals surface area contributed by atoms with Crippen molar-refractivity contribution in [3.8, 4) is 0 Å². The second kappa shape index (κ2) is 8.09. The van der Waals surface area contributed by atoms with Crippen molar-refractivity contribution in [3.63, 3.8) is 0 Å². The average Bonchev–Trinajstić information content (AvgIpc) is 2.97. The van der Waals surface area contributed by atoms with Gasteiger partial charge in [0.05, 0.1) is 29.0 Å². The zero-order valence-corrected chi connectivity index (χ0v) is 17.9. The molecule has 2 aromatic carbocycles. The lowest BCUT2D eigenvalue weighted by Crippen LogP contribution is -2.47. The Hall–Kier alpha value is -3.13. The molecule has 0 aromatic heterocycles. The normalized spacial score (nSPS) is 22.2. The lowest BCUT2D eigenvalue weighted by atomic mass is 10.0. The van der Waals surface area contributed by atoms with E-state index in [9.17, 15) is 22.8 Å². The van der Waals surface area contributed by atoms with Crippen molar-refractivity contribution >= 4 is 23.1 Å². The highest BCUT2D eigenvalue weighted by molar-refractivity contribution is 6.45. The summed E-state index contributed by atoms with van der Waals surface area (Å²) in [5, 5.41) is 0. The van der Waals surface area contributed by atoms with Crippen molar-refractivity contribution in [2.45, 2.75) is 39.2 Å². The van der Waals surface area contributed by atoms with Crippen molar-refractivity contribution in [2.24, 2.45) is 0 Å². The number of imide groups is 1. The van der Waals surface area contributed by atoms with Gasteiger partial charge >= 0.3 is 6.18 Å². The van der Waals surface area contributed by atoms with E-state index in [1.165, 1.54) is 12.1 Å². The van der Waals surface area contributed by atoms with Gasteiger partial charge in [-0.15, -0.1) is 0 Å². The van der Waals surface area contributed by atoms with E-state index in [-0.39, 0.29) is 29.2 Å². The maximum absolute atomic E-state index is 13.5. The number of alkyl halides is 3. The summed E-state index contributed by atoms with van der Waals surface area (Å²) in [5.41, 5.74) is 0.881. The van der Waals surface area contributed by atoms with Gasteiger partial charge in [-0.3, -0.25) is 9.59 Å². The number of ether oxygens (including phenoxy) is 1. The van der Waals surface area contributed by atoms with Gasteiger partial charge in [0, 0.05) is 13.1 Å². The first-order valence-corrected chi connectivity index (χ1v) is 10.3. The molecule has 2 unspecified atom stereocenters. The van der Waals surface area contributed by atoms with E-state index >= 15 is 0 Å². The summed E-state index contributed by atoms with van der Waals surface area (Å²) in [5.74, 6) is -1.27. The maximum atomic E-state index is 13.5. The van der Waals surface area contributed by atoms with Crippen LogP contribution in [0.15, 0.2) is 54.2 Å². The number of hydrogen-bond donors (Lipinski definition) is 0. The Balaban J connectivity index is 1.83. The third kappa shape index (κ3) is 4.02. The zero-order valence-electron chi connectivity index (χ0n) is 17.9. The van der Waals surface area contributed by atoms with Crippen LogP contribution in [0.5, 0.6) is 0 Å². The summed E-state index contributed by atoms with van der Waals surface area (Å²) in [4.78, 5) is 29.7. The fourth-order valence-corrected chi connectivity index (χ4v) is 4.21. The monoisotopic (exact) mass is 444 g/mol. The quantitative estimate of drug-likeness (QED) is 0.659. The summed E-state index contributed by atoms with van der Waals surface area (Å²) in [7, 11) is 0. The predicted octanol–water partition coefficient (Wildman–Crippen LogP) is 4.41. The predicted molar refractivity (Wildman–Crippen MR) is 114 cm³/mol. The van der Waals surface area contributed by atoms with Gasteiger partial charge in [-0.25, -0.2) is 4.90 Å². The second-order valence-corrected chi connectivity index (χ2v) is 8.25. The van der Waals surface area contributed by atoms with Gasteiger partial charge in [-0.2, -0.15) is 13.2 Å². The van der Waals surface area contributed by atoms with Crippen molar-refractivity contribution in [1.29, 1.82) is 0 Å². The molecule has 8 heteroatoms. The van der Waals surface area contributed by atoms with Crippen LogP contribution in [-0.4, -0.2) is 42.0 Å². The number of amides is 2. The Morgan fingerprint density at radius 2 is 1.56 bits per heavy atom. The molecule has 0 N–H and O–H groups in total. The third-order valence-electron chi connectivity index (χ3n) is 5.57. The Kier molecular flexibility index (Phi) is 5.58. The average molecular weight is 444 g/mol. The molecule has 32 heavy (non-hydrogen) atoms. The van der Waals surface area contributed by atoms with E-state index in [2.05, 4.69) is 0 Å². The van der Waals surface area contributed by atoms with E-state index < -0.39 is 23.6 Å². The molecule has 4 rings (SSSR count). The van der Waals surface area contributed by atoms with Crippen LogP contribution in [-0.2, 0) is 20.5 Å². The highest BCUT2D eigenvalue weighted by Crippen LogP contribution is 2.38. The molecule has 0 saturated carbocycles. The fraction of sp³-hybridized carbons (Fsp3) is 0.333. The Labute approximate surface area is 184 Å².